The number of aromatic nitrogens is 4. The lowest BCUT2D eigenvalue weighted by Gasteiger charge is -2.32. The molecule has 3 aromatic heterocycles. The average Bonchev–Trinajstić information content (AvgIpc) is 3.48. The first-order valence-corrected chi connectivity index (χ1v) is 15.1. The van der Waals surface area contributed by atoms with Gasteiger partial charge in [0, 0.05) is 24.3 Å². The van der Waals surface area contributed by atoms with E-state index in [2.05, 4.69) is 69.9 Å². The highest BCUT2D eigenvalue weighted by Gasteiger charge is 2.26. The summed E-state index contributed by atoms with van der Waals surface area (Å²) in [6.07, 6.45) is 3.61. The van der Waals surface area contributed by atoms with Crippen molar-refractivity contribution >= 4 is 32.6 Å². The van der Waals surface area contributed by atoms with Crippen molar-refractivity contribution in [2.24, 2.45) is 0 Å². The van der Waals surface area contributed by atoms with Gasteiger partial charge in [-0.05, 0) is 87.7 Å². The van der Waals surface area contributed by atoms with Gasteiger partial charge in [-0.15, -0.1) is 11.3 Å². The van der Waals surface area contributed by atoms with E-state index in [1.807, 2.05) is 13.0 Å². The van der Waals surface area contributed by atoms with Crippen LogP contribution in [-0.4, -0.2) is 50.2 Å². The molecule has 7 rings (SSSR count). The van der Waals surface area contributed by atoms with E-state index in [9.17, 15) is 0 Å². The Morgan fingerprint density at radius 1 is 0.950 bits per heavy atom. The molecule has 0 spiro atoms. The molecule has 0 amide bonds. The van der Waals surface area contributed by atoms with Gasteiger partial charge in [-0.1, -0.05) is 18.2 Å². The lowest BCUT2D eigenvalue weighted by atomic mass is 9.93. The van der Waals surface area contributed by atoms with Gasteiger partial charge in [0.15, 0.2) is 0 Å². The van der Waals surface area contributed by atoms with E-state index in [1.165, 1.54) is 15.8 Å². The molecule has 0 saturated carbocycles. The van der Waals surface area contributed by atoms with Crippen LogP contribution in [0.4, 0.5) is 0 Å². The van der Waals surface area contributed by atoms with Crippen LogP contribution in [0.3, 0.4) is 0 Å². The molecule has 40 heavy (non-hydrogen) atoms. The Kier molecular flexibility index (Phi) is 6.99. The first-order valence-electron chi connectivity index (χ1n) is 14.3. The number of piperidine rings is 1. The molecule has 2 aliphatic heterocycles. The largest absolute Gasteiger partial charge is 0.473 e. The molecular formula is C32H35N5O2S. The predicted octanol–water partition coefficient (Wildman–Crippen LogP) is 6.41. The molecule has 2 saturated heterocycles. The molecule has 5 aromatic rings. The first-order chi connectivity index (χ1) is 19.6. The maximum Gasteiger partial charge on any atom is 0.213 e. The van der Waals surface area contributed by atoms with Crippen LogP contribution in [0, 0.1) is 13.8 Å². The van der Waals surface area contributed by atoms with Crippen molar-refractivity contribution in [1.82, 2.24) is 24.4 Å². The van der Waals surface area contributed by atoms with E-state index < -0.39 is 0 Å². The van der Waals surface area contributed by atoms with E-state index in [-0.39, 0.29) is 0 Å². The fraction of sp³-hybridized carbons (Fsp3) is 0.406. The highest BCUT2D eigenvalue weighted by atomic mass is 32.1. The highest BCUT2D eigenvalue weighted by molar-refractivity contribution is 7.18. The van der Waals surface area contributed by atoms with Gasteiger partial charge >= 0.3 is 0 Å². The highest BCUT2D eigenvalue weighted by Crippen LogP contribution is 2.30. The third kappa shape index (κ3) is 5.36. The SMILES string of the molecule is Cc1ccc2nc(CN3CCC(c4cccc(OCc5ccc6sc(C)nc6c5)n4)CC3)n(CC3CCO3)c2c1. The Morgan fingerprint density at radius 3 is 2.65 bits per heavy atom. The Balaban J connectivity index is 0.988. The van der Waals surface area contributed by atoms with Gasteiger partial charge < -0.3 is 14.0 Å². The topological polar surface area (TPSA) is 65.3 Å². The molecule has 2 fully saturated rings. The number of fused-ring (bicyclic) bond motifs is 2. The molecule has 7 nitrogen and oxygen atoms in total. The Morgan fingerprint density at radius 2 is 1.82 bits per heavy atom. The number of imidazole rings is 1. The Hall–Kier alpha value is -3.33. The molecule has 0 aliphatic carbocycles. The Bertz CT molecular complexity index is 1650. The van der Waals surface area contributed by atoms with Crippen molar-refractivity contribution in [3.05, 3.63) is 82.3 Å². The average molecular weight is 554 g/mol. The maximum atomic E-state index is 6.11. The van der Waals surface area contributed by atoms with Gasteiger partial charge in [0.2, 0.25) is 5.88 Å². The van der Waals surface area contributed by atoms with Crippen molar-refractivity contribution in [2.45, 2.75) is 64.8 Å². The van der Waals surface area contributed by atoms with E-state index in [1.54, 1.807) is 11.3 Å². The summed E-state index contributed by atoms with van der Waals surface area (Å²) >= 11 is 1.72. The zero-order chi connectivity index (χ0) is 27.1. The minimum Gasteiger partial charge on any atom is -0.473 e. The number of pyridine rings is 1. The molecular weight excluding hydrogens is 518 g/mol. The van der Waals surface area contributed by atoms with Crippen molar-refractivity contribution in [3.63, 3.8) is 0 Å². The summed E-state index contributed by atoms with van der Waals surface area (Å²) in [5.74, 6) is 2.28. The van der Waals surface area contributed by atoms with Crippen LogP contribution >= 0.6 is 11.3 Å². The van der Waals surface area contributed by atoms with E-state index in [4.69, 9.17) is 19.4 Å². The van der Waals surface area contributed by atoms with Gasteiger partial charge in [0.05, 0.1) is 45.5 Å². The zero-order valence-electron chi connectivity index (χ0n) is 23.2. The van der Waals surface area contributed by atoms with Crippen LogP contribution < -0.4 is 4.74 Å². The number of nitrogens with zero attached hydrogens (tertiary/aromatic N) is 5. The second-order valence-electron chi connectivity index (χ2n) is 11.2. The fourth-order valence-corrected chi connectivity index (χ4v) is 6.71. The maximum absolute atomic E-state index is 6.11. The van der Waals surface area contributed by atoms with Crippen LogP contribution in [0.25, 0.3) is 21.3 Å². The second-order valence-corrected chi connectivity index (χ2v) is 12.4. The molecule has 1 atom stereocenters. The molecule has 0 bridgehead atoms. The van der Waals surface area contributed by atoms with E-state index in [0.717, 1.165) is 85.2 Å². The standard InChI is InChI=1S/C32H35N5O2S/c1-21-6-8-27-29(16-21)37(18-25-12-15-38-25)31(34-27)19-36-13-10-24(11-14-36)26-4-3-5-32(35-26)39-20-23-7-9-30-28(17-23)33-22(2)40-30/h3-9,16-17,24-25H,10-15,18-20H2,1-2H3. The summed E-state index contributed by atoms with van der Waals surface area (Å²) < 4.78 is 15.5. The van der Waals surface area contributed by atoms with Crippen LogP contribution in [-0.2, 0) is 24.4 Å². The summed E-state index contributed by atoms with van der Waals surface area (Å²) in [4.78, 5) is 17.1. The molecule has 1 unspecified atom stereocenters. The van der Waals surface area contributed by atoms with Gasteiger partial charge in [-0.2, -0.15) is 0 Å². The summed E-state index contributed by atoms with van der Waals surface area (Å²) in [5, 5.41) is 1.09. The molecule has 0 N–H and O–H groups in total. The number of benzene rings is 2. The van der Waals surface area contributed by atoms with Crippen LogP contribution in [0.2, 0.25) is 0 Å². The summed E-state index contributed by atoms with van der Waals surface area (Å²) in [5.41, 5.74) is 6.86. The number of ether oxygens (including phenoxy) is 2. The van der Waals surface area contributed by atoms with Crippen molar-refractivity contribution in [3.8, 4) is 5.88 Å². The number of likely N-dealkylation sites (tertiary alicyclic amines) is 1. The number of aryl methyl sites for hydroxylation is 2. The predicted molar refractivity (Wildman–Crippen MR) is 159 cm³/mol. The third-order valence-corrected chi connectivity index (χ3v) is 9.18. The van der Waals surface area contributed by atoms with Crippen molar-refractivity contribution < 1.29 is 9.47 Å². The molecule has 2 aliphatic rings. The minimum atomic E-state index is 0.308. The Labute approximate surface area is 238 Å². The summed E-state index contributed by atoms with van der Waals surface area (Å²) in [7, 11) is 0. The number of hydrogen-bond acceptors (Lipinski definition) is 7. The molecule has 5 heterocycles. The van der Waals surface area contributed by atoms with E-state index >= 15 is 0 Å². The number of hydrogen-bond donors (Lipinski definition) is 0. The quantitative estimate of drug-likeness (QED) is 0.221. The monoisotopic (exact) mass is 553 g/mol. The fourth-order valence-electron chi connectivity index (χ4n) is 5.90. The minimum absolute atomic E-state index is 0.308. The van der Waals surface area contributed by atoms with Crippen LogP contribution in [0.5, 0.6) is 5.88 Å². The lowest BCUT2D eigenvalue weighted by Crippen LogP contribution is -2.35. The molecule has 206 valence electrons. The second kappa shape index (κ2) is 10.9. The lowest BCUT2D eigenvalue weighted by molar-refractivity contribution is -0.0592. The van der Waals surface area contributed by atoms with Crippen molar-refractivity contribution in [2.75, 3.05) is 19.7 Å². The smallest absolute Gasteiger partial charge is 0.213 e. The third-order valence-electron chi connectivity index (χ3n) is 8.22. The first kappa shape index (κ1) is 25.6. The summed E-state index contributed by atoms with van der Waals surface area (Å²) in [6.45, 7) is 9.39. The zero-order valence-corrected chi connectivity index (χ0v) is 24.0. The number of thiazole rings is 1. The number of rotatable bonds is 8. The van der Waals surface area contributed by atoms with E-state index in [0.29, 0.717) is 24.5 Å². The van der Waals surface area contributed by atoms with Gasteiger partial charge in [-0.3, -0.25) is 4.90 Å². The van der Waals surface area contributed by atoms with Crippen molar-refractivity contribution in [1.29, 1.82) is 0 Å². The van der Waals surface area contributed by atoms with Gasteiger partial charge in [0.25, 0.3) is 0 Å². The molecule has 2 aromatic carbocycles. The van der Waals surface area contributed by atoms with Crippen LogP contribution in [0.1, 0.15) is 52.8 Å². The van der Waals surface area contributed by atoms with Gasteiger partial charge in [0.1, 0.15) is 12.4 Å². The summed E-state index contributed by atoms with van der Waals surface area (Å²) in [6, 6.07) is 19.1. The van der Waals surface area contributed by atoms with Gasteiger partial charge in [-0.25, -0.2) is 15.0 Å². The normalized spacial score (nSPS) is 18.4. The molecule has 0 radical (unpaired) electrons. The van der Waals surface area contributed by atoms with Crippen LogP contribution in [0.15, 0.2) is 54.6 Å². The molecule has 8 heteroatoms.